The number of nitrogens with one attached hydrogen (secondary N) is 2. The molecule has 3 aromatic rings. The molecule has 0 bridgehead atoms. The van der Waals surface area contributed by atoms with Crippen LogP contribution in [0.15, 0.2) is 36.4 Å². The van der Waals surface area contributed by atoms with Gasteiger partial charge >= 0.3 is 0 Å². The molecule has 0 saturated carbocycles. The van der Waals surface area contributed by atoms with Gasteiger partial charge in [0, 0.05) is 11.3 Å². The smallest absolute Gasteiger partial charge is 0.251 e. The SMILES string of the molecule is CCc1nc2ccc(C(=O)NCC(=O)Nc3c(C)cccc3C)cc2nc1CC. The first-order valence-electron chi connectivity index (χ1n) is 9.86. The lowest BCUT2D eigenvalue weighted by atomic mass is 10.1. The zero-order chi connectivity index (χ0) is 21.0. The number of amides is 2. The van der Waals surface area contributed by atoms with Crippen molar-refractivity contribution < 1.29 is 9.59 Å². The van der Waals surface area contributed by atoms with Gasteiger partial charge in [0.25, 0.3) is 5.91 Å². The van der Waals surface area contributed by atoms with Crippen LogP contribution in [-0.4, -0.2) is 28.3 Å². The monoisotopic (exact) mass is 390 g/mol. The van der Waals surface area contributed by atoms with Gasteiger partial charge < -0.3 is 10.6 Å². The molecule has 6 nitrogen and oxygen atoms in total. The summed E-state index contributed by atoms with van der Waals surface area (Å²) >= 11 is 0. The molecule has 150 valence electrons. The molecule has 2 amide bonds. The van der Waals surface area contributed by atoms with Crippen LogP contribution in [-0.2, 0) is 17.6 Å². The fourth-order valence-electron chi connectivity index (χ4n) is 3.29. The van der Waals surface area contributed by atoms with Crippen molar-refractivity contribution >= 4 is 28.5 Å². The van der Waals surface area contributed by atoms with Crippen LogP contribution in [0.4, 0.5) is 5.69 Å². The predicted octanol–water partition coefficient (Wildman–Crippen LogP) is 3.74. The molecule has 0 spiro atoms. The van der Waals surface area contributed by atoms with E-state index in [0.29, 0.717) is 11.1 Å². The Kier molecular flexibility index (Phi) is 6.22. The van der Waals surface area contributed by atoms with Crippen LogP contribution in [0, 0.1) is 13.8 Å². The van der Waals surface area contributed by atoms with Crippen molar-refractivity contribution in [1.82, 2.24) is 15.3 Å². The van der Waals surface area contributed by atoms with E-state index in [2.05, 4.69) is 27.5 Å². The van der Waals surface area contributed by atoms with E-state index in [1.54, 1.807) is 18.2 Å². The molecular weight excluding hydrogens is 364 g/mol. The first-order chi connectivity index (χ1) is 13.9. The highest BCUT2D eigenvalue weighted by atomic mass is 16.2. The minimum atomic E-state index is -0.317. The van der Waals surface area contributed by atoms with Crippen LogP contribution < -0.4 is 10.6 Å². The van der Waals surface area contributed by atoms with Crippen molar-refractivity contribution in [1.29, 1.82) is 0 Å². The van der Waals surface area contributed by atoms with Crippen LogP contribution in [0.3, 0.4) is 0 Å². The maximum Gasteiger partial charge on any atom is 0.251 e. The van der Waals surface area contributed by atoms with Crippen LogP contribution in [0.2, 0.25) is 0 Å². The van der Waals surface area contributed by atoms with Gasteiger partial charge in [-0.15, -0.1) is 0 Å². The highest BCUT2D eigenvalue weighted by molar-refractivity contribution is 6.01. The number of carbonyl (C=O) groups is 2. The Morgan fingerprint density at radius 2 is 1.52 bits per heavy atom. The van der Waals surface area contributed by atoms with Crippen LogP contribution >= 0.6 is 0 Å². The Labute approximate surface area is 170 Å². The molecule has 0 aliphatic heterocycles. The molecule has 0 aliphatic rings. The number of hydrogen-bond acceptors (Lipinski definition) is 4. The van der Waals surface area contributed by atoms with Gasteiger partial charge in [0.15, 0.2) is 0 Å². The standard InChI is InChI=1S/C23H26N4O2/c1-5-17-18(6-2)26-20-12-16(10-11-19(20)25-17)23(29)24-13-21(28)27-22-14(3)8-7-9-15(22)4/h7-12H,5-6,13H2,1-4H3,(H,24,29)(H,27,28). The Balaban J connectivity index is 1.70. The van der Waals surface area contributed by atoms with Crippen molar-refractivity contribution in [2.24, 2.45) is 0 Å². The van der Waals surface area contributed by atoms with Crippen molar-refractivity contribution in [3.8, 4) is 0 Å². The lowest BCUT2D eigenvalue weighted by Crippen LogP contribution is -2.33. The fourth-order valence-corrected chi connectivity index (χ4v) is 3.29. The second-order valence-electron chi connectivity index (χ2n) is 7.03. The number of nitrogens with zero attached hydrogens (tertiary/aromatic N) is 2. The maximum atomic E-state index is 12.5. The van der Waals surface area contributed by atoms with E-state index in [4.69, 9.17) is 0 Å². The van der Waals surface area contributed by atoms with Gasteiger partial charge in [-0.05, 0) is 56.0 Å². The molecule has 3 rings (SSSR count). The molecule has 0 radical (unpaired) electrons. The van der Waals surface area contributed by atoms with E-state index in [1.165, 1.54) is 0 Å². The summed E-state index contributed by atoms with van der Waals surface area (Å²) in [5.74, 6) is -0.583. The zero-order valence-corrected chi connectivity index (χ0v) is 17.3. The minimum absolute atomic E-state index is 0.106. The average Bonchev–Trinajstić information content (AvgIpc) is 2.73. The summed E-state index contributed by atoms with van der Waals surface area (Å²) < 4.78 is 0. The number of benzene rings is 2. The summed E-state index contributed by atoms with van der Waals surface area (Å²) in [5, 5.41) is 5.54. The Morgan fingerprint density at radius 3 is 2.14 bits per heavy atom. The quantitative estimate of drug-likeness (QED) is 0.672. The maximum absolute atomic E-state index is 12.5. The molecule has 1 aromatic heterocycles. The highest BCUT2D eigenvalue weighted by Crippen LogP contribution is 2.19. The van der Waals surface area contributed by atoms with E-state index < -0.39 is 0 Å². The molecule has 0 atom stereocenters. The third-order valence-electron chi connectivity index (χ3n) is 4.91. The second-order valence-corrected chi connectivity index (χ2v) is 7.03. The molecule has 0 unspecified atom stereocenters. The van der Waals surface area contributed by atoms with E-state index >= 15 is 0 Å². The van der Waals surface area contributed by atoms with E-state index in [-0.39, 0.29) is 18.4 Å². The Hall–Kier alpha value is -3.28. The highest BCUT2D eigenvalue weighted by Gasteiger charge is 2.12. The summed E-state index contributed by atoms with van der Waals surface area (Å²) in [6, 6.07) is 11.0. The average molecular weight is 390 g/mol. The molecule has 6 heteroatoms. The molecule has 29 heavy (non-hydrogen) atoms. The number of carbonyl (C=O) groups excluding carboxylic acids is 2. The first kappa shape index (κ1) is 20.5. The topological polar surface area (TPSA) is 84.0 Å². The van der Waals surface area contributed by atoms with Gasteiger partial charge in [0.2, 0.25) is 5.91 Å². The van der Waals surface area contributed by atoms with E-state index in [9.17, 15) is 9.59 Å². The third kappa shape index (κ3) is 4.59. The minimum Gasteiger partial charge on any atom is -0.343 e. The molecule has 0 fully saturated rings. The number of para-hydroxylation sites is 1. The molecule has 0 saturated heterocycles. The van der Waals surface area contributed by atoms with Gasteiger partial charge in [-0.25, -0.2) is 9.97 Å². The molecule has 1 heterocycles. The lowest BCUT2D eigenvalue weighted by Gasteiger charge is -2.12. The van der Waals surface area contributed by atoms with E-state index in [0.717, 1.165) is 46.6 Å². The summed E-state index contributed by atoms with van der Waals surface area (Å²) in [4.78, 5) is 34.1. The summed E-state index contributed by atoms with van der Waals surface area (Å²) in [5.41, 5.74) is 6.59. The van der Waals surface area contributed by atoms with Crippen molar-refractivity contribution in [3.63, 3.8) is 0 Å². The first-order valence-corrected chi connectivity index (χ1v) is 9.86. The Morgan fingerprint density at radius 1 is 0.897 bits per heavy atom. The van der Waals surface area contributed by atoms with Crippen molar-refractivity contribution in [3.05, 3.63) is 64.5 Å². The Bertz CT molecular complexity index is 1060. The van der Waals surface area contributed by atoms with E-state index in [1.807, 2.05) is 39.0 Å². The fraction of sp³-hybridized carbons (Fsp3) is 0.304. The number of hydrogen-bond donors (Lipinski definition) is 2. The van der Waals surface area contributed by atoms with Crippen LogP contribution in [0.1, 0.15) is 46.7 Å². The van der Waals surface area contributed by atoms with Crippen LogP contribution in [0.5, 0.6) is 0 Å². The largest absolute Gasteiger partial charge is 0.343 e. The summed E-state index contributed by atoms with van der Waals surface area (Å²) in [6.45, 7) is 7.86. The normalized spacial score (nSPS) is 10.8. The number of anilines is 1. The zero-order valence-electron chi connectivity index (χ0n) is 17.3. The van der Waals surface area contributed by atoms with Gasteiger partial charge in [-0.3, -0.25) is 9.59 Å². The number of fused-ring (bicyclic) bond motifs is 1. The van der Waals surface area contributed by atoms with Gasteiger partial charge in [-0.1, -0.05) is 32.0 Å². The van der Waals surface area contributed by atoms with Gasteiger partial charge in [0.05, 0.1) is 29.0 Å². The molecule has 2 aromatic carbocycles. The summed E-state index contributed by atoms with van der Waals surface area (Å²) in [6.07, 6.45) is 1.62. The summed E-state index contributed by atoms with van der Waals surface area (Å²) in [7, 11) is 0. The lowest BCUT2D eigenvalue weighted by molar-refractivity contribution is -0.115. The van der Waals surface area contributed by atoms with Gasteiger partial charge in [0.1, 0.15) is 0 Å². The van der Waals surface area contributed by atoms with Gasteiger partial charge in [-0.2, -0.15) is 0 Å². The number of aromatic nitrogens is 2. The predicted molar refractivity (Wildman–Crippen MR) is 115 cm³/mol. The number of rotatable bonds is 6. The van der Waals surface area contributed by atoms with Crippen molar-refractivity contribution in [2.75, 3.05) is 11.9 Å². The van der Waals surface area contributed by atoms with Crippen LogP contribution in [0.25, 0.3) is 11.0 Å². The molecule has 2 N–H and O–H groups in total. The molecule has 0 aliphatic carbocycles. The molecular formula is C23H26N4O2. The third-order valence-corrected chi connectivity index (χ3v) is 4.91. The second kappa shape index (κ2) is 8.82. The number of aryl methyl sites for hydroxylation is 4. The van der Waals surface area contributed by atoms with Crippen molar-refractivity contribution in [2.45, 2.75) is 40.5 Å².